The van der Waals surface area contributed by atoms with E-state index in [1.165, 1.54) is 0 Å². The number of rotatable bonds is 2. The largest absolute Gasteiger partial charge is 0.497 e. The van der Waals surface area contributed by atoms with Crippen molar-refractivity contribution in [1.82, 2.24) is 0 Å². The highest BCUT2D eigenvalue weighted by Gasteiger charge is 1.88. The molecule has 0 aliphatic carbocycles. The average molecular weight is 262 g/mol. The molecule has 0 saturated carbocycles. The lowest BCUT2D eigenvalue weighted by atomic mass is 10.3. The van der Waals surface area contributed by atoms with Gasteiger partial charge in [0.2, 0.25) is 0 Å². The smallest absolute Gasteiger partial charge is 0.119 e. The van der Waals surface area contributed by atoms with E-state index >= 15 is 0 Å². The molecule has 2 nitrogen and oxygen atoms in total. The number of nitrogens with zero attached hydrogens (tertiary/aromatic N) is 1. The van der Waals surface area contributed by atoms with Gasteiger partial charge in [0.25, 0.3) is 0 Å². The van der Waals surface area contributed by atoms with Crippen molar-refractivity contribution in [2.75, 3.05) is 7.11 Å². The van der Waals surface area contributed by atoms with Crippen LogP contribution in [-0.4, -0.2) is 13.3 Å². The van der Waals surface area contributed by atoms with Gasteiger partial charge in [0.1, 0.15) is 5.75 Å². The van der Waals surface area contributed by atoms with Crippen LogP contribution in [0.15, 0.2) is 59.6 Å². The van der Waals surface area contributed by atoms with E-state index in [4.69, 9.17) is 16.3 Å². The van der Waals surface area contributed by atoms with E-state index < -0.39 is 0 Å². The summed E-state index contributed by atoms with van der Waals surface area (Å²) >= 11 is 5.54. The Balaban J connectivity index is 0.000000199. The number of hydrogen-bond acceptors (Lipinski definition) is 2. The van der Waals surface area contributed by atoms with Gasteiger partial charge in [-0.2, -0.15) is 0 Å². The summed E-state index contributed by atoms with van der Waals surface area (Å²) in [6.07, 6.45) is 1.77. The van der Waals surface area contributed by atoms with E-state index in [1.54, 1.807) is 13.3 Å². The van der Waals surface area contributed by atoms with Crippen LogP contribution in [0.4, 0.5) is 5.69 Å². The van der Waals surface area contributed by atoms with Crippen LogP contribution in [0, 0.1) is 0 Å². The Bertz CT molecular complexity index is 466. The van der Waals surface area contributed by atoms with E-state index in [-0.39, 0.29) is 0 Å². The normalized spacial score (nSPS) is 9.72. The van der Waals surface area contributed by atoms with Crippen LogP contribution in [0.2, 0.25) is 5.02 Å². The number of benzene rings is 2. The highest BCUT2D eigenvalue weighted by atomic mass is 35.5. The summed E-state index contributed by atoms with van der Waals surface area (Å²) in [5.74, 6) is 0.861. The van der Waals surface area contributed by atoms with Gasteiger partial charge >= 0.3 is 0 Å². The van der Waals surface area contributed by atoms with Crippen LogP contribution in [0.3, 0.4) is 0 Å². The molecule has 0 aromatic heterocycles. The van der Waals surface area contributed by atoms with Crippen molar-refractivity contribution in [2.45, 2.75) is 6.92 Å². The molecule has 3 heteroatoms. The van der Waals surface area contributed by atoms with E-state index in [0.717, 1.165) is 16.5 Å². The van der Waals surface area contributed by atoms with E-state index in [2.05, 4.69) is 4.99 Å². The van der Waals surface area contributed by atoms with Gasteiger partial charge < -0.3 is 4.74 Å². The fourth-order valence-corrected chi connectivity index (χ4v) is 1.38. The Labute approximate surface area is 113 Å². The van der Waals surface area contributed by atoms with Gasteiger partial charge in [0.05, 0.1) is 12.8 Å². The molecule has 18 heavy (non-hydrogen) atoms. The third-order valence-electron chi connectivity index (χ3n) is 2.08. The summed E-state index contributed by atoms with van der Waals surface area (Å²) in [5.41, 5.74) is 0.952. The van der Waals surface area contributed by atoms with Crippen LogP contribution in [-0.2, 0) is 0 Å². The highest BCUT2D eigenvalue weighted by Crippen LogP contribution is 2.16. The van der Waals surface area contributed by atoms with Gasteiger partial charge in [0, 0.05) is 11.2 Å². The van der Waals surface area contributed by atoms with Crippen LogP contribution < -0.4 is 4.74 Å². The summed E-state index contributed by atoms with van der Waals surface area (Å²) in [5, 5.41) is 0.794. The van der Waals surface area contributed by atoms with Gasteiger partial charge in [-0.15, -0.1) is 0 Å². The molecule has 0 heterocycles. The van der Waals surface area contributed by atoms with Crippen molar-refractivity contribution in [3.63, 3.8) is 0 Å². The second-order valence-corrected chi connectivity index (χ2v) is 3.82. The molecule has 94 valence electrons. The molecule has 0 unspecified atom stereocenters. The van der Waals surface area contributed by atoms with Crippen molar-refractivity contribution >= 4 is 23.5 Å². The van der Waals surface area contributed by atoms with Crippen LogP contribution in [0.5, 0.6) is 5.75 Å². The Morgan fingerprint density at radius 1 is 1.00 bits per heavy atom. The Morgan fingerprint density at radius 3 is 2.00 bits per heavy atom. The molecular formula is C15H16ClNO. The number of methoxy groups -OCH3 is 1. The first-order valence-electron chi connectivity index (χ1n) is 5.59. The zero-order valence-corrected chi connectivity index (χ0v) is 11.3. The van der Waals surface area contributed by atoms with Crippen LogP contribution in [0.25, 0.3) is 0 Å². The average Bonchev–Trinajstić information content (AvgIpc) is 2.42. The molecule has 0 aliphatic rings. The lowest BCUT2D eigenvalue weighted by Gasteiger charge is -1.97. The fraction of sp³-hybridized carbons (Fsp3) is 0.133. The molecule has 0 saturated heterocycles. The van der Waals surface area contributed by atoms with Crippen molar-refractivity contribution in [2.24, 2.45) is 4.99 Å². The lowest BCUT2D eigenvalue weighted by molar-refractivity contribution is 0.415. The first kappa shape index (κ1) is 14.3. The third kappa shape index (κ3) is 5.51. The molecule has 2 rings (SSSR count). The van der Waals surface area contributed by atoms with Crippen molar-refractivity contribution < 1.29 is 4.74 Å². The number of halogens is 1. The van der Waals surface area contributed by atoms with Crippen molar-refractivity contribution in [3.05, 3.63) is 59.6 Å². The molecule has 0 radical (unpaired) electrons. The molecule has 0 spiro atoms. The summed E-state index contributed by atoms with van der Waals surface area (Å²) < 4.78 is 5.00. The van der Waals surface area contributed by atoms with Gasteiger partial charge in [0.15, 0.2) is 0 Å². The maximum atomic E-state index is 5.54. The predicted octanol–water partition coefficient (Wildman–Crippen LogP) is 4.76. The van der Waals surface area contributed by atoms with Gasteiger partial charge in [-0.05, 0) is 43.3 Å². The van der Waals surface area contributed by atoms with Crippen molar-refractivity contribution in [3.8, 4) is 5.75 Å². The van der Waals surface area contributed by atoms with Gasteiger partial charge in [-0.1, -0.05) is 29.8 Å². The number of hydrogen-bond donors (Lipinski definition) is 0. The van der Waals surface area contributed by atoms with E-state index in [1.807, 2.05) is 61.5 Å². The zero-order valence-electron chi connectivity index (χ0n) is 10.5. The predicted molar refractivity (Wildman–Crippen MR) is 78.3 cm³/mol. The summed E-state index contributed by atoms with van der Waals surface area (Å²) in [4.78, 5) is 4.10. The first-order valence-corrected chi connectivity index (χ1v) is 5.97. The van der Waals surface area contributed by atoms with E-state index in [9.17, 15) is 0 Å². The molecule has 2 aromatic rings. The topological polar surface area (TPSA) is 21.6 Å². The number of ether oxygens (including phenoxy) is 1. The Hall–Kier alpha value is -1.80. The van der Waals surface area contributed by atoms with Gasteiger partial charge in [-0.25, -0.2) is 0 Å². The summed E-state index contributed by atoms with van der Waals surface area (Å²) in [6, 6.07) is 17.1. The molecule has 2 aromatic carbocycles. The monoisotopic (exact) mass is 261 g/mol. The third-order valence-corrected chi connectivity index (χ3v) is 2.34. The SMILES string of the molecule is CC=Nc1ccc(OC)cc1.Clc1ccccc1. The minimum Gasteiger partial charge on any atom is -0.497 e. The molecule has 0 amide bonds. The van der Waals surface area contributed by atoms with E-state index in [0.29, 0.717) is 0 Å². The van der Waals surface area contributed by atoms with Gasteiger partial charge in [-0.3, -0.25) is 4.99 Å². The molecule has 0 atom stereocenters. The van der Waals surface area contributed by atoms with Crippen molar-refractivity contribution in [1.29, 1.82) is 0 Å². The second kappa shape index (κ2) is 8.31. The first-order chi connectivity index (χ1) is 8.76. The standard InChI is InChI=1S/C9H11NO.C6H5Cl/c1-3-10-8-4-6-9(11-2)7-5-8;7-6-4-2-1-3-5-6/h3-7H,1-2H3;1-5H. The molecule has 0 aliphatic heterocycles. The molecule has 0 N–H and O–H groups in total. The lowest BCUT2D eigenvalue weighted by Crippen LogP contribution is -1.79. The Morgan fingerprint density at radius 2 is 1.61 bits per heavy atom. The quantitative estimate of drug-likeness (QED) is 0.715. The minimum absolute atomic E-state index is 0.794. The minimum atomic E-state index is 0.794. The van der Waals surface area contributed by atoms with Crippen LogP contribution >= 0.6 is 11.6 Å². The Kier molecular flexibility index (Phi) is 6.59. The zero-order chi connectivity index (χ0) is 13.2. The maximum absolute atomic E-state index is 5.54. The summed E-state index contributed by atoms with van der Waals surface area (Å²) in [6.45, 7) is 1.89. The summed E-state index contributed by atoms with van der Waals surface area (Å²) in [7, 11) is 1.65. The molecular weight excluding hydrogens is 246 g/mol. The fourth-order valence-electron chi connectivity index (χ4n) is 1.23. The second-order valence-electron chi connectivity index (χ2n) is 3.38. The molecule has 0 fully saturated rings. The van der Waals surface area contributed by atoms with Crippen LogP contribution in [0.1, 0.15) is 6.92 Å². The highest BCUT2D eigenvalue weighted by molar-refractivity contribution is 6.30. The number of aliphatic imine (C=N–C) groups is 1. The molecule has 0 bridgehead atoms. The maximum Gasteiger partial charge on any atom is 0.119 e.